The minimum atomic E-state index is -0.679. The Bertz CT molecular complexity index is 809. The molecule has 0 aliphatic rings. The summed E-state index contributed by atoms with van der Waals surface area (Å²) in [5, 5.41) is 24.4. The van der Waals surface area contributed by atoms with Crippen molar-refractivity contribution in [3.63, 3.8) is 0 Å². The van der Waals surface area contributed by atoms with Crippen LogP contribution in [0.1, 0.15) is 29.2 Å². The molecule has 0 saturated carbocycles. The van der Waals surface area contributed by atoms with Crippen LogP contribution in [0.15, 0.2) is 67.3 Å². The summed E-state index contributed by atoms with van der Waals surface area (Å²) in [4.78, 5) is 3.98. The molecule has 3 aromatic rings. The van der Waals surface area contributed by atoms with Crippen LogP contribution in [0, 0.1) is 11.3 Å². The van der Waals surface area contributed by atoms with Gasteiger partial charge in [-0.2, -0.15) is 10.4 Å². The first-order valence-corrected chi connectivity index (χ1v) is 7.84. The SMILES string of the molecule is N#Cc1ccccc1C(C(O)CCc1ccccc1)n1cncn1. The van der Waals surface area contributed by atoms with Crippen LogP contribution in [0.25, 0.3) is 0 Å². The van der Waals surface area contributed by atoms with Crippen molar-refractivity contribution in [3.05, 3.63) is 83.9 Å². The molecule has 0 aliphatic carbocycles. The Hall–Kier alpha value is -2.97. The van der Waals surface area contributed by atoms with Crippen LogP contribution in [-0.2, 0) is 6.42 Å². The normalized spacial score (nSPS) is 13.2. The first-order chi connectivity index (χ1) is 11.8. The molecule has 5 heteroatoms. The predicted molar refractivity (Wildman–Crippen MR) is 90.1 cm³/mol. The fraction of sp³-hybridized carbons (Fsp3) is 0.211. The number of aliphatic hydroxyl groups is 1. The Labute approximate surface area is 140 Å². The average molecular weight is 318 g/mol. The number of benzene rings is 2. The van der Waals surface area contributed by atoms with E-state index in [0.29, 0.717) is 12.0 Å². The molecular formula is C19H18N4O. The highest BCUT2D eigenvalue weighted by Gasteiger charge is 2.26. The monoisotopic (exact) mass is 318 g/mol. The molecule has 5 nitrogen and oxygen atoms in total. The quantitative estimate of drug-likeness (QED) is 0.758. The molecule has 1 N–H and O–H groups in total. The first-order valence-electron chi connectivity index (χ1n) is 7.84. The van der Waals surface area contributed by atoms with Crippen LogP contribution < -0.4 is 0 Å². The topological polar surface area (TPSA) is 74.7 Å². The summed E-state index contributed by atoms with van der Waals surface area (Å²) < 4.78 is 1.62. The molecule has 1 aromatic heterocycles. The third-order valence-electron chi connectivity index (χ3n) is 4.06. The van der Waals surface area contributed by atoms with Gasteiger partial charge in [0.2, 0.25) is 0 Å². The lowest BCUT2D eigenvalue weighted by Crippen LogP contribution is -2.27. The molecule has 2 aromatic carbocycles. The van der Waals surface area contributed by atoms with Gasteiger partial charge in [0, 0.05) is 0 Å². The van der Waals surface area contributed by atoms with Crippen LogP contribution in [-0.4, -0.2) is 26.0 Å². The molecule has 1 heterocycles. The van der Waals surface area contributed by atoms with Crippen molar-refractivity contribution in [3.8, 4) is 6.07 Å². The van der Waals surface area contributed by atoms with Crippen molar-refractivity contribution in [2.75, 3.05) is 0 Å². The molecular weight excluding hydrogens is 300 g/mol. The maximum atomic E-state index is 10.8. The highest BCUT2D eigenvalue weighted by atomic mass is 16.3. The van der Waals surface area contributed by atoms with Crippen LogP contribution in [0.2, 0.25) is 0 Å². The van der Waals surface area contributed by atoms with Gasteiger partial charge in [0.15, 0.2) is 0 Å². The summed E-state index contributed by atoms with van der Waals surface area (Å²) in [5.41, 5.74) is 2.46. The van der Waals surface area contributed by atoms with Gasteiger partial charge in [0.05, 0.1) is 17.7 Å². The highest BCUT2D eigenvalue weighted by molar-refractivity contribution is 5.40. The van der Waals surface area contributed by atoms with Gasteiger partial charge in [-0.05, 0) is 30.0 Å². The summed E-state index contributed by atoms with van der Waals surface area (Å²) in [6, 6.07) is 19.1. The summed E-state index contributed by atoms with van der Waals surface area (Å²) in [5.74, 6) is 0. The zero-order chi connectivity index (χ0) is 16.8. The number of aryl methyl sites for hydroxylation is 1. The third-order valence-corrected chi connectivity index (χ3v) is 4.06. The van der Waals surface area contributed by atoms with E-state index in [4.69, 9.17) is 0 Å². The molecule has 2 atom stereocenters. The smallest absolute Gasteiger partial charge is 0.137 e. The number of rotatable bonds is 6. The third kappa shape index (κ3) is 3.50. The fourth-order valence-corrected chi connectivity index (χ4v) is 2.86. The molecule has 24 heavy (non-hydrogen) atoms. The molecule has 0 bridgehead atoms. The Balaban J connectivity index is 1.87. The molecule has 3 rings (SSSR count). The van der Waals surface area contributed by atoms with Crippen LogP contribution in [0.5, 0.6) is 0 Å². The van der Waals surface area contributed by atoms with Crippen molar-refractivity contribution in [2.24, 2.45) is 0 Å². The van der Waals surface area contributed by atoms with Gasteiger partial charge in [-0.3, -0.25) is 0 Å². The van der Waals surface area contributed by atoms with E-state index in [-0.39, 0.29) is 0 Å². The molecule has 0 spiro atoms. The second kappa shape index (κ2) is 7.53. The Morgan fingerprint density at radius 2 is 1.83 bits per heavy atom. The van der Waals surface area contributed by atoms with Gasteiger partial charge in [0.1, 0.15) is 18.7 Å². The number of aromatic nitrogens is 3. The maximum Gasteiger partial charge on any atom is 0.137 e. The molecule has 0 amide bonds. The van der Waals surface area contributed by atoms with Crippen molar-refractivity contribution >= 4 is 0 Å². The van der Waals surface area contributed by atoms with E-state index in [2.05, 4.69) is 16.2 Å². The lowest BCUT2D eigenvalue weighted by Gasteiger charge is -2.24. The molecule has 0 fully saturated rings. The van der Waals surface area contributed by atoms with Crippen molar-refractivity contribution in [2.45, 2.75) is 25.0 Å². The minimum absolute atomic E-state index is 0.438. The van der Waals surface area contributed by atoms with E-state index >= 15 is 0 Å². The standard InChI is InChI=1S/C19H18N4O/c20-12-16-8-4-5-9-17(16)19(23-14-21-13-22-23)18(24)11-10-15-6-2-1-3-7-15/h1-9,13-14,18-19,24H,10-11H2. The van der Waals surface area contributed by atoms with Gasteiger partial charge in [-0.1, -0.05) is 48.5 Å². The number of nitriles is 1. The van der Waals surface area contributed by atoms with Crippen molar-refractivity contribution in [1.82, 2.24) is 14.8 Å². The van der Waals surface area contributed by atoms with Crippen LogP contribution >= 0.6 is 0 Å². The highest BCUT2D eigenvalue weighted by Crippen LogP contribution is 2.26. The molecule has 0 aliphatic heterocycles. The van der Waals surface area contributed by atoms with Gasteiger partial charge in [0.25, 0.3) is 0 Å². The van der Waals surface area contributed by atoms with Crippen LogP contribution in [0.4, 0.5) is 0 Å². The maximum absolute atomic E-state index is 10.8. The van der Waals surface area contributed by atoms with Gasteiger partial charge in [-0.15, -0.1) is 0 Å². The van der Waals surface area contributed by atoms with E-state index in [1.165, 1.54) is 11.9 Å². The Morgan fingerprint density at radius 3 is 2.54 bits per heavy atom. The van der Waals surface area contributed by atoms with Gasteiger partial charge in [-0.25, -0.2) is 9.67 Å². The lowest BCUT2D eigenvalue weighted by atomic mass is 9.93. The molecule has 0 radical (unpaired) electrons. The van der Waals surface area contributed by atoms with E-state index in [9.17, 15) is 10.4 Å². The zero-order valence-electron chi connectivity index (χ0n) is 13.2. The van der Waals surface area contributed by atoms with Gasteiger partial charge >= 0.3 is 0 Å². The molecule has 0 saturated heterocycles. The summed E-state index contributed by atoms with van der Waals surface area (Å²) in [6.07, 6.45) is 3.65. The first kappa shape index (κ1) is 15.9. The molecule has 120 valence electrons. The second-order valence-corrected chi connectivity index (χ2v) is 5.61. The lowest BCUT2D eigenvalue weighted by molar-refractivity contribution is 0.115. The van der Waals surface area contributed by atoms with Gasteiger partial charge < -0.3 is 5.11 Å². The fourth-order valence-electron chi connectivity index (χ4n) is 2.86. The minimum Gasteiger partial charge on any atom is -0.391 e. The van der Waals surface area contributed by atoms with Crippen molar-refractivity contribution in [1.29, 1.82) is 5.26 Å². The summed E-state index contributed by atoms with van der Waals surface area (Å²) in [7, 11) is 0. The van der Waals surface area contributed by atoms with Crippen LogP contribution in [0.3, 0.4) is 0 Å². The molecule has 2 unspecified atom stereocenters. The Kier molecular flexibility index (Phi) is 4.99. The van der Waals surface area contributed by atoms with Crippen molar-refractivity contribution < 1.29 is 5.11 Å². The second-order valence-electron chi connectivity index (χ2n) is 5.61. The largest absolute Gasteiger partial charge is 0.391 e. The van der Waals surface area contributed by atoms with E-state index in [0.717, 1.165) is 12.0 Å². The van der Waals surface area contributed by atoms with E-state index < -0.39 is 12.1 Å². The van der Waals surface area contributed by atoms with E-state index in [1.807, 2.05) is 48.5 Å². The number of hydrogen-bond donors (Lipinski definition) is 1. The zero-order valence-corrected chi connectivity index (χ0v) is 13.2. The number of hydrogen-bond acceptors (Lipinski definition) is 4. The summed E-state index contributed by atoms with van der Waals surface area (Å²) in [6.45, 7) is 0. The van der Waals surface area contributed by atoms with E-state index in [1.54, 1.807) is 17.1 Å². The summed E-state index contributed by atoms with van der Waals surface area (Å²) >= 11 is 0. The average Bonchev–Trinajstić information content (AvgIpc) is 3.16. The number of aliphatic hydroxyl groups excluding tert-OH is 1. The predicted octanol–water partition coefficient (Wildman–Crippen LogP) is 2.73. The Morgan fingerprint density at radius 1 is 1.08 bits per heavy atom. The number of nitrogens with zero attached hydrogens (tertiary/aromatic N) is 4.